The number of rotatable bonds is 5. The molecule has 3 N–H and O–H groups in total. The summed E-state index contributed by atoms with van der Waals surface area (Å²) in [7, 11) is 0. The lowest BCUT2D eigenvalue weighted by molar-refractivity contribution is 0.0950. The van der Waals surface area contributed by atoms with E-state index in [1.807, 2.05) is 43.3 Å². The van der Waals surface area contributed by atoms with Crippen LogP contribution in [-0.2, 0) is 6.42 Å². The largest absolute Gasteiger partial charge is 0.368 e. The van der Waals surface area contributed by atoms with E-state index in [0.717, 1.165) is 23.8 Å². The minimum atomic E-state index is -0.215. The molecule has 0 aliphatic carbocycles. The van der Waals surface area contributed by atoms with Crippen molar-refractivity contribution in [1.29, 1.82) is 0 Å². The Morgan fingerprint density at radius 1 is 1.12 bits per heavy atom. The number of carbonyl (C=O) groups is 1. The molecule has 0 aliphatic heterocycles. The minimum Gasteiger partial charge on any atom is -0.368 e. The molecule has 0 saturated carbocycles. The number of anilines is 1. The monoisotopic (exact) mass is 320 g/mol. The highest BCUT2D eigenvalue weighted by atomic mass is 16.1. The fraction of sp³-hybridized carbons (Fsp3) is 0.211. The van der Waals surface area contributed by atoms with Gasteiger partial charge in [-0.15, -0.1) is 0 Å². The Kier molecular flexibility index (Phi) is 4.70. The summed E-state index contributed by atoms with van der Waals surface area (Å²) in [6.45, 7) is 2.56. The summed E-state index contributed by atoms with van der Waals surface area (Å²) in [5.41, 5.74) is 9.06. The molecule has 0 fully saturated rings. The van der Waals surface area contributed by atoms with E-state index in [9.17, 15) is 4.79 Å². The van der Waals surface area contributed by atoms with Gasteiger partial charge >= 0.3 is 0 Å². The molecule has 0 unspecified atom stereocenters. The number of fused-ring (bicyclic) bond motifs is 1. The molecule has 122 valence electrons. The summed E-state index contributed by atoms with van der Waals surface area (Å²) in [5, 5.41) is 3.65. The molecule has 0 atom stereocenters. The van der Waals surface area contributed by atoms with E-state index in [1.165, 1.54) is 5.56 Å². The molecule has 0 saturated heterocycles. The van der Waals surface area contributed by atoms with Crippen LogP contribution in [0.15, 0.2) is 48.5 Å². The zero-order valence-corrected chi connectivity index (χ0v) is 13.6. The third-order valence-electron chi connectivity index (χ3n) is 3.85. The number of benzene rings is 2. The Labute approximate surface area is 140 Å². The summed E-state index contributed by atoms with van der Waals surface area (Å²) in [4.78, 5) is 20.8. The van der Waals surface area contributed by atoms with Crippen molar-refractivity contribution in [2.75, 3.05) is 12.3 Å². The molecular weight excluding hydrogens is 300 g/mol. The second-order valence-corrected chi connectivity index (χ2v) is 5.80. The van der Waals surface area contributed by atoms with Crippen molar-refractivity contribution in [3.05, 3.63) is 65.4 Å². The number of nitrogens with two attached hydrogens (primary N) is 1. The first-order valence-electron chi connectivity index (χ1n) is 7.99. The second-order valence-electron chi connectivity index (χ2n) is 5.80. The van der Waals surface area contributed by atoms with Crippen molar-refractivity contribution in [3.8, 4) is 0 Å². The topological polar surface area (TPSA) is 80.9 Å². The van der Waals surface area contributed by atoms with Gasteiger partial charge in [-0.05, 0) is 37.5 Å². The summed E-state index contributed by atoms with van der Waals surface area (Å²) in [6.07, 6.45) is 1.79. The van der Waals surface area contributed by atoms with Crippen LogP contribution in [0.1, 0.15) is 28.0 Å². The summed E-state index contributed by atoms with van der Waals surface area (Å²) in [6, 6.07) is 15.9. The molecular formula is C19H20N4O. The van der Waals surface area contributed by atoms with E-state index in [1.54, 1.807) is 0 Å². The summed E-state index contributed by atoms with van der Waals surface area (Å²) < 4.78 is 0. The van der Waals surface area contributed by atoms with Crippen LogP contribution in [0, 0.1) is 6.92 Å². The first kappa shape index (κ1) is 15.9. The highest BCUT2D eigenvalue weighted by Crippen LogP contribution is 2.18. The lowest BCUT2D eigenvalue weighted by Gasteiger charge is -2.08. The van der Waals surface area contributed by atoms with Gasteiger partial charge in [0.25, 0.3) is 5.91 Å². The van der Waals surface area contributed by atoms with Gasteiger partial charge in [-0.2, -0.15) is 0 Å². The van der Waals surface area contributed by atoms with Crippen molar-refractivity contribution < 1.29 is 4.79 Å². The van der Waals surface area contributed by atoms with Crippen molar-refractivity contribution in [1.82, 2.24) is 15.3 Å². The lowest BCUT2D eigenvalue weighted by atomic mass is 10.1. The number of hydrogen-bond acceptors (Lipinski definition) is 4. The van der Waals surface area contributed by atoms with Gasteiger partial charge in [0.05, 0.1) is 5.52 Å². The average Bonchev–Trinajstić information content (AvgIpc) is 2.59. The third-order valence-corrected chi connectivity index (χ3v) is 3.85. The normalized spacial score (nSPS) is 10.7. The molecule has 1 heterocycles. The highest BCUT2D eigenvalue weighted by molar-refractivity contribution is 6.04. The van der Waals surface area contributed by atoms with E-state index in [0.29, 0.717) is 17.8 Å². The number of amides is 1. The Morgan fingerprint density at radius 3 is 2.71 bits per heavy atom. The molecule has 0 bridgehead atoms. The van der Waals surface area contributed by atoms with Crippen LogP contribution in [0.3, 0.4) is 0 Å². The van der Waals surface area contributed by atoms with E-state index < -0.39 is 0 Å². The van der Waals surface area contributed by atoms with Gasteiger partial charge in [-0.1, -0.05) is 42.0 Å². The molecule has 5 heteroatoms. The number of aryl methyl sites for hydroxylation is 2. The first-order chi connectivity index (χ1) is 11.6. The molecule has 0 radical (unpaired) electrons. The van der Waals surface area contributed by atoms with Crippen LogP contribution in [0.5, 0.6) is 0 Å². The van der Waals surface area contributed by atoms with E-state index >= 15 is 0 Å². The van der Waals surface area contributed by atoms with Gasteiger partial charge in [-0.25, -0.2) is 9.97 Å². The predicted octanol–water partition coefficient (Wildman–Crippen LogP) is 2.88. The van der Waals surface area contributed by atoms with Crippen LogP contribution in [-0.4, -0.2) is 22.4 Å². The van der Waals surface area contributed by atoms with Crippen LogP contribution >= 0.6 is 0 Å². The second kappa shape index (κ2) is 7.08. The Bertz CT molecular complexity index is 862. The van der Waals surface area contributed by atoms with Crippen LogP contribution in [0.2, 0.25) is 0 Å². The molecule has 0 spiro atoms. The van der Waals surface area contributed by atoms with Crippen molar-refractivity contribution in [2.45, 2.75) is 19.8 Å². The van der Waals surface area contributed by atoms with Crippen molar-refractivity contribution in [2.24, 2.45) is 0 Å². The minimum absolute atomic E-state index is 0.112. The van der Waals surface area contributed by atoms with E-state index in [-0.39, 0.29) is 11.9 Å². The van der Waals surface area contributed by atoms with Gasteiger partial charge < -0.3 is 11.1 Å². The van der Waals surface area contributed by atoms with Crippen molar-refractivity contribution >= 4 is 22.8 Å². The van der Waals surface area contributed by atoms with E-state index in [4.69, 9.17) is 5.73 Å². The summed E-state index contributed by atoms with van der Waals surface area (Å²) >= 11 is 0. The van der Waals surface area contributed by atoms with Crippen LogP contribution in [0.25, 0.3) is 10.9 Å². The fourth-order valence-electron chi connectivity index (χ4n) is 2.66. The predicted molar refractivity (Wildman–Crippen MR) is 95.8 cm³/mol. The molecule has 5 nitrogen and oxygen atoms in total. The third kappa shape index (κ3) is 3.68. The number of nitrogens with one attached hydrogen (secondary N) is 1. The number of hydrogen-bond donors (Lipinski definition) is 2. The molecule has 24 heavy (non-hydrogen) atoms. The Morgan fingerprint density at radius 2 is 1.92 bits per heavy atom. The average molecular weight is 320 g/mol. The van der Waals surface area contributed by atoms with Gasteiger partial charge in [0.1, 0.15) is 5.69 Å². The molecule has 3 rings (SSSR count). The van der Waals surface area contributed by atoms with E-state index in [2.05, 4.69) is 27.4 Å². The quantitative estimate of drug-likeness (QED) is 0.708. The molecule has 1 amide bonds. The van der Waals surface area contributed by atoms with Gasteiger partial charge in [-0.3, -0.25) is 4.79 Å². The standard InChI is InChI=1S/C19H20N4O/c1-13-9-10-16-15(12-13)17(23-19(20)22-16)18(24)21-11-5-8-14-6-3-2-4-7-14/h2-4,6-7,9-10,12H,5,8,11H2,1H3,(H,21,24)(H2,20,22,23). The summed E-state index contributed by atoms with van der Waals surface area (Å²) in [5.74, 6) is -0.103. The molecule has 1 aromatic heterocycles. The maximum atomic E-state index is 12.5. The lowest BCUT2D eigenvalue weighted by Crippen LogP contribution is -2.26. The zero-order chi connectivity index (χ0) is 16.9. The van der Waals surface area contributed by atoms with Gasteiger partial charge in [0.15, 0.2) is 0 Å². The van der Waals surface area contributed by atoms with Gasteiger partial charge in [0, 0.05) is 11.9 Å². The van der Waals surface area contributed by atoms with Crippen LogP contribution < -0.4 is 11.1 Å². The molecule has 2 aromatic carbocycles. The Hall–Kier alpha value is -2.95. The van der Waals surface area contributed by atoms with Gasteiger partial charge in [0.2, 0.25) is 5.95 Å². The zero-order valence-electron chi connectivity index (χ0n) is 13.6. The SMILES string of the molecule is Cc1ccc2nc(N)nc(C(=O)NCCCc3ccccc3)c2c1. The number of nitrogen functional groups attached to an aromatic ring is 1. The molecule has 3 aromatic rings. The maximum absolute atomic E-state index is 12.5. The fourth-order valence-corrected chi connectivity index (χ4v) is 2.66. The first-order valence-corrected chi connectivity index (χ1v) is 7.99. The Balaban J connectivity index is 1.68. The van der Waals surface area contributed by atoms with Crippen molar-refractivity contribution in [3.63, 3.8) is 0 Å². The number of carbonyl (C=O) groups excluding carboxylic acids is 1. The van der Waals surface area contributed by atoms with Crippen LogP contribution in [0.4, 0.5) is 5.95 Å². The molecule has 0 aliphatic rings. The number of aromatic nitrogens is 2. The smallest absolute Gasteiger partial charge is 0.270 e. The maximum Gasteiger partial charge on any atom is 0.270 e. The number of nitrogens with zero attached hydrogens (tertiary/aromatic N) is 2. The highest BCUT2D eigenvalue weighted by Gasteiger charge is 2.14.